The van der Waals surface area contributed by atoms with Crippen molar-refractivity contribution in [1.82, 2.24) is 5.06 Å². The first kappa shape index (κ1) is 12.7. The summed E-state index contributed by atoms with van der Waals surface area (Å²) in [4.78, 5) is 18.3. The molecule has 1 aliphatic rings. The molecule has 1 atom stereocenters. The molecule has 98 valence electrons. The van der Waals surface area contributed by atoms with E-state index in [1.807, 2.05) is 24.3 Å². The number of anilines is 2. The molecule has 1 unspecified atom stereocenters. The third-order valence-electron chi connectivity index (χ3n) is 3.07. The lowest BCUT2D eigenvalue weighted by molar-refractivity contribution is -0.190. The maximum atomic E-state index is 10.9. The molecule has 1 saturated heterocycles. The van der Waals surface area contributed by atoms with Gasteiger partial charge in [-0.1, -0.05) is 0 Å². The zero-order valence-electron chi connectivity index (χ0n) is 10.8. The smallest absolute Gasteiger partial charge is 0.322 e. The molecule has 0 spiro atoms. The molecule has 1 aromatic rings. The molecule has 1 fully saturated rings. The number of nitrogens with two attached hydrogens (primary N) is 1. The Morgan fingerprint density at radius 3 is 2.56 bits per heavy atom. The maximum Gasteiger partial charge on any atom is 0.322 e. The zero-order valence-corrected chi connectivity index (χ0v) is 10.8. The van der Waals surface area contributed by atoms with Crippen LogP contribution < -0.4 is 10.6 Å². The Balaban J connectivity index is 2.01. The molecule has 0 aromatic heterocycles. The van der Waals surface area contributed by atoms with Crippen molar-refractivity contribution in [3.05, 3.63) is 24.3 Å². The van der Waals surface area contributed by atoms with Gasteiger partial charge in [0.1, 0.15) is 0 Å². The first-order valence-corrected chi connectivity index (χ1v) is 6.12. The monoisotopic (exact) mass is 249 g/mol. The lowest BCUT2D eigenvalue weighted by atomic mass is 10.1. The van der Waals surface area contributed by atoms with Crippen LogP contribution in [-0.2, 0) is 9.63 Å². The molecule has 0 saturated carbocycles. The first-order valence-electron chi connectivity index (χ1n) is 6.12. The van der Waals surface area contributed by atoms with Crippen LogP contribution >= 0.6 is 0 Å². The van der Waals surface area contributed by atoms with Gasteiger partial charge in [0.25, 0.3) is 0 Å². The number of piperazine rings is 1. The predicted octanol–water partition coefficient (Wildman–Crippen LogP) is 1.26. The molecule has 5 heteroatoms. The molecule has 0 amide bonds. The average molecular weight is 249 g/mol. The second kappa shape index (κ2) is 5.27. The van der Waals surface area contributed by atoms with E-state index in [0.29, 0.717) is 19.1 Å². The molecule has 0 bridgehead atoms. The lowest BCUT2D eigenvalue weighted by Gasteiger charge is -2.39. The van der Waals surface area contributed by atoms with Crippen LogP contribution in [0, 0.1) is 0 Å². The average Bonchev–Trinajstić information content (AvgIpc) is 2.30. The highest BCUT2D eigenvalue weighted by Gasteiger charge is 2.25. The molecule has 1 aromatic carbocycles. The third kappa shape index (κ3) is 2.92. The number of benzene rings is 1. The van der Waals surface area contributed by atoms with Gasteiger partial charge in [-0.15, -0.1) is 5.06 Å². The highest BCUT2D eigenvalue weighted by atomic mass is 16.7. The van der Waals surface area contributed by atoms with E-state index in [2.05, 4.69) is 11.8 Å². The van der Waals surface area contributed by atoms with Crippen molar-refractivity contribution in [3.63, 3.8) is 0 Å². The van der Waals surface area contributed by atoms with Gasteiger partial charge in [0.15, 0.2) is 0 Å². The standard InChI is InChI=1S/C13H19N3O2/c1-10-9-15(18-11(2)17)7-8-16(10)13-5-3-12(14)4-6-13/h3-6,10H,7-9,14H2,1-2H3. The summed E-state index contributed by atoms with van der Waals surface area (Å²) in [5, 5.41) is 1.72. The molecule has 5 nitrogen and oxygen atoms in total. The normalized spacial score (nSPS) is 20.8. The van der Waals surface area contributed by atoms with E-state index >= 15 is 0 Å². The van der Waals surface area contributed by atoms with Crippen molar-refractivity contribution in [2.24, 2.45) is 0 Å². The number of nitrogen functional groups attached to an aromatic ring is 1. The molecule has 1 heterocycles. The number of hydrogen-bond acceptors (Lipinski definition) is 5. The van der Waals surface area contributed by atoms with Crippen LogP contribution in [0.1, 0.15) is 13.8 Å². The number of nitrogens with zero attached hydrogens (tertiary/aromatic N) is 2. The predicted molar refractivity (Wildman–Crippen MR) is 71.0 cm³/mol. The number of carbonyl (C=O) groups excluding carboxylic acids is 1. The van der Waals surface area contributed by atoms with Gasteiger partial charge in [0, 0.05) is 30.9 Å². The molecular weight excluding hydrogens is 230 g/mol. The summed E-state index contributed by atoms with van der Waals surface area (Å²) < 4.78 is 0. The molecule has 2 N–H and O–H groups in total. The van der Waals surface area contributed by atoms with Crippen molar-refractivity contribution in [1.29, 1.82) is 0 Å². The summed E-state index contributed by atoms with van der Waals surface area (Å²) in [7, 11) is 0. The van der Waals surface area contributed by atoms with Crippen LogP contribution in [0.25, 0.3) is 0 Å². The second-order valence-electron chi connectivity index (χ2n) is 4.60. The van der Waals surface area contributed by atoms with Crippen molar-refractivity contribution in [3.8, 4) is 0 Å². The van der Waals surface area contributed by atoms with E-state index in [1.54, 1.807) is 5.06 Å². The number of hydroxylamine groups is 2. The molecule has 1 aliphatic heterocycles. The SMILES string of the molecule is CC(=O)ON1CCN(c2ccc(N)cc2)C(C)C1. The highest BCUT2D eigenvalue weighted by Crippen LogP contribution is 2.21. The first-order chi connectivity index (χ1) is 8.56. The maximum absolute atomic E-state index is 10.9. The Hall–Kier alpha value is -1.75. The lowest BCUT2D eigenvalue weighted by Crippen LogP contribution is -2.52. The molecular formula is C13H19N3O2. The van der Waals surface area contributed by atoms with Crippen LogP contribution in [0.3, 0.4) is 0 Å². The minimum atomic E-state index is -0.261. The fourth-order valence-electron chi connectivity index (χ4n) is 2.24. The summed E-state index contributed by atoms with van der Waals surface area (Å²) in [6.07, 6.45) is 0. The minimum Gasteiger partial charge on any atom is -0.399 e. The van der Waals surface area contributed by atoms with Gasteiger partial charge in [-0.25, -0.2) is 0 Å². The van der Waals surface area contributed by atoms with Crippen molar-refractivity contribution in [2.45, 2.75) is 19.9 Å². The largest absolute Gasteiger partial charge is 0.399 e. The van der Waals surface area contributed by atoms with Gasteiger partial charge >= 0.3 is 5.97 Å². The topological polar surface area (TPSA) is 58.8 Å². The van der Waals surface area contributed by atoms with Crippen LogP contribution in [0.15, 0.2) is 24.3 Å². The highest BCUT2D eigenvalue weighted by molar-refractivity contribution is 5.65. The van der Waals surface area contributed by atoms with Crippen LogP contribution in [0.4, 0.5) is 11.4 Å². The summed E-state index contributed by atoms with van der Waals surface area (Å²) in [5.41, 5.74) is 7.60. The van der Waals surface area contributed by atoms with Crippen molar-refractivity contribution >= 4 is 17.3 Å². The van der Waals surface area contributed by atoms with Crippen LogP contribution in [0.5, 0.6) is 0 Å². The number of rotatable bonds is 2. The molecule has 18 heavy (non-hydrogen) atoms. The molecule has 0 radical (unpaired) electrons. The second-order valence-corrected chi connectivity index (χ2v) is 4.60. The van der Waals surface area contributed by atoms with E-state index in [1.165, 1.54) is 6.92 Å². The van der Waals surface area contributed by atoms with Gasteiger partial charge in [-0.2, -0.15) is 0 Å². The number of hydrogen-bond donors (Lipinski definition) is 1. The van der Waals surface area contributed by atoms with E-state index in [0.717, 1.165) is 17.9 Å². The van der Waals surface area contributed by atoms with Crippen LogP contribution in [0.2, 0.25) is 0 Å². The van der Waals surface area contributed by atoms with E-state index in [-0.39, 0.29) is 5.97 Å². The Morgan fingerprint density at radius 2 is 2.00 bits per heavy atom. The van der Waals surface area contributed by atoms with E-state index in [4.69, 9.17) is 10.6 Å². The Labute approximate surface area is 107 Å². The van der Waals surface area contributed by atoms with Gasteiger partial charge in [-0.3, -0.25) is 4.79 Å². The van der Waals surface area contributed by atoms with Gasteiger partial charge in [-0.05, 0) is 31.2 Å². The fourth-order valence-corrected chi connectivity index (χ4v) is 2.24. The molecule has 2 rings (SSSR count). The van der Waals surface area contributed by atoms with E-state index in [9.17, 15) is 4.79 Å². The Morgan fingerprint density at radius 1 is 1.33 bits per heavy atom. The minimum absolute atomic E-state index is 0.261. The van der Waals surface area contributed by atoms with E-state index < -0.39 is 0 Å². The van der Waals surface area contributed by atoms with Crippen molar-refractivity contribution < 1.29 is 9.63 Å². The zero-order chi connectivity index (χ0) is 13.1. The fraction of sp³-hybridized carbons (Fsp3) is 0.462. The summed E-state index contributed by atoms with van der Waals surface area (Å²) in [6.45, 7) is 5.81. The Kier molecular flexibility index (Phi) is 3.72. The van der Waals surface area contributed by atoms with Crippen molar-refractivity contribution in [2.75, 3.05) is 30.3 Å². The van der Waals surface area contributed by atoms with Gasteiger partial charge < -0.3 is 15.5 Å². The number of carbonyl (C=O) groups is 1. The van der Waals surface area contributed by atoms with Gasteiger partial charge in [0.05, 0.1) is 13.1 Å². The Bertz CT molecular complexity index is 419. The summed E-state index contributed by atoms with van der Waals surface area (Å²) in [5.74, 6) is -0.261. The molecule has 0 aliphatic carbocycles. The third-order valence-corrected chi connectivity index (χ3v) is 3.07. The van der Waals surface area contributed by atoms with Crippen LogP contribution in [-0.4, -0.2) is 36.7 Å². The summed E-state index contributed by atoms with van der Waals surface area (Å²) in [6, 6.07) is 8.14. The summed E-state index contributed by atoms with van der Waals surface area (Å²) >= 11 is 0. The quantitative estimate of drug-likeness (QED) is 0.800. The van der Waals surface area contributed by atoms with Gasteiger partial charge in [0.2, 0.25) is 0 Å².